The highest BCUT2D eigenvalue weighted by atomic mass is 16.2. The van der Waals surface area contributed by atoms with Gasteiger partial charge in [-0.25, -0.2) is 4.79 Å². The molecule has 2 aliphatic rings. The third-order valence-electron chi connectivity index (χ3n) is 6.33. The first-order valence-electron chi connectivity index (χ1n) is 9.88. The summed E-state index contributed by atoms with van der Waals surface area (Å²) in [5.41, 5.74) is -0.353. The van der Waals surface area contributed by atoms with Crippen molar-refractivity contribution in [1.82, 2.24) is 15.5 Å². The van der Waals surface area contributed by atoms with E-state index in [9.17, 15) is 14.4 Å². The topological polar surface area (TPSA) is 78.5 Å². The quantitative estimate of drug-likeness (QED) is 0.781. The first-order valence-corrected chi connectivity index (χ1v) is 9.88. The van der Waals surface area contributed by atoms with Crippen LogP contribution in [0.2, 0.25) is 0 Å². The molecule has 1 saturated carbocycles. The van der Waals surface area contributed by atoms with E-state index in [-0.39, 0.29) is 24.4 Å². The minimum atomic E-state index is -1.09. The standard InChI is InChI=1S/C21H29N3O3/c1-4-21(16-10-6-5-7-11-16)19(26)24(20(27)23-21)13-18(25)22-17-12-8-9-14(2)15(17)3/h5-7,10-11,14-15,17H,4,8-9,12-13H2,1-3H3,(H,22,25)(H,23,27)/t14-,15-,17-,21-/m1/s1. The lowest BCUT2D eigenvalue weighted by atomic mass is 9.78. The summed E-state index contributed by atoms with van der Waals surface area (Å²) in [7, 11) is 0. The van der Waals surface area contributed by atoms with Gasteiger partial charge in [-0.2, -0.15) is 0 Å². The van der Waals surface area contributed by atoms with Crippen LogP contribution in [0.15, 0.2) is 30.3 Å². The predicted molar refractivity (Wildman–Crippen MR) is 103 cm³/mol. The number of carbonyl (C=O) groups excluding carboxylic acids is 3. The van der Waals surface area contributed by atoms with Crippen molar-refractivity contribution in [2.45, 2.75) is 58.0 Å². The third-order valence-corrected chi connectivity index (χ3v) is 6.33. The molecule has 27 heavy (non-hydrogen) atoms. The highest BCUT2D eigenvalue weighted by Crippen LogP contribution is 2.32. The van der Waals surface area contributed by atoms with Crippen LogP contribution in [0.1, 0.15) is 52.0 Å². The molecule has 0 aromatic heterocycles. The Balaban J connectivity index is 1.71. The molecule has 4 atom stereocenters. The van der Waals surface area contributed by atoms with Gasteiger partial charge in [-0.15, -0.1) is 0 Å². The molecular weight excluding hydrogens is 342 g/mol. The average molecular weight is 371 g/mol. The Morgan fingerprint density at radius 1 is 1.22 bits per heavy atom. The Bertz CT molecular complexity index is 721. The van der Waals surface area contributed by atoms with Crippen molar-refractivity contribution in [1.29, 1.82) is 0 Å². The van der Waals surface area contributed by atoms with E-state index in [1.807, 2.05) is 37.3 Å². The van der Waals surface area contributed by atoms with Crippen LogP contribution in [0.5, 0.6) is 0 Å². The zero-order valence-electron chi connectivity index (χ0n) is 16.3. The van der Waals surface area contributed by atoms with Crippen molar-refractivity contribution in [2.24, 2.45) is 11.8 Å². The molecule has 1 aliphatic carbocycles. The zero-order chi connectivity index (χ0) is 19.6. The van der Waals surface area contributed by atoms with Crippen LogP contribution in [-0.2, 0) is 15.1 Å². The molecule has 2 fully saturated rings. The summed E-state index contributed by atoms with van der Waals surface area (Å²) < 4.78 is 0. The molecule has 2 N–H and O–H groups in total. The van der Waals surface area contributed by atoms with Crippen LogP contribution in [0.25, 0.3) is 0 Å². The van der Waals surface area contributed by atoms with Crippen LogP contribution in [0, 0.1) is 11.8 Å². The number of nitrogens with one attached hydrogen (secondary N) is 2. The minimum Gasteiger partial charge on any atom is -0.352 e. The van der Waals surface area contributed by atoms with Gasteiger partial charge in [0.05, 0.1) is 0 Å². The number of carbonyl (C=O) groups is 3. The largest absolute Gasteiger partial charge is 0.352 e. The Morgan fingerprint density at radius 3 is 2.59 bits per heavy atom. The molecule has 146 valence electrons. The molecular formula is C21H29N3O3. The molecule has 3 rings (SSSR count). The zero-order valence-corrected chi connectivity index (χ0v) is 16.3. The van der Waals surface area contributed by atoms with Gasteiger partial charge >= 0.3 is 6.03 Å². The predicted octanol–water partition coefficient (Wildman–Crippen LogP) is 2.78. The summed E-state index contributed by atoms with van der Waals surface area (Å²) in [6.45, 7) is 5.98. The molecule has 0 unspecified atom stereocenters. The van der Waals surface area contributed by atoms with E-state index < -0.39 is 11.6 Å². The molecule has 1 saturated heterocycles. The van der Waals surface area contributed by atoms with E-state index in [2.05, 4.69) is 24.5 Å². The number of rotatable bonds is 5. The number of benzene rings is 1. The van der Waals surface area contributed by atoms with Gasteiger partial charge in [-0.05, 0) is 30.2 Å². The molecule has 1 aliphatic heterocycles. The fraction of sp³-hybridized carbons (Fsp3) is 0.571. The average Bonchev–Trinajstić information content (AvgIpc) is 2.91. The summed E-state index contributed by atoms with van der Waals surface area (Å²) in [5.74, 6) is 0.322. The van der Waals surface area contributed by atoms with E-state index in [0.717, 1.165) is 23.3 Å². The van der Waals surface area contributed by atoms with Gasteiger partial charge < -0.3 is 10.6 Å². The van der Waals surface area contributed by atoms with Gasteiger partial charge in [0.15, 0.2) is 0 Å². The third kappa shape index (κ3) is 3.57. The maximum atomic E-state index is 13.1. The summed E-state index contributed by atoms with van der Waals surface area (Å²) in [6, 6.07) is 8.80. The van der Waals surface area contributed by atoms with Crippen LogP contribution < -0.4 is 10.6 Å². The molecule has 1 heterocycles. The van der Waals surface area contributed by atoms with Crippen LogP contribution in [0.4, 0.5) is 4.79 Å². The SMILES string of the molecule is CC[C@]1(c2ccccc2)NC(=O)N(CC(=O)N[C@@H]2CCC[C@@H](C)[C@H]2C)C1=O. The van der Waals surface area contributed by atoms with E-state index in [4.69, 9.17) is 0 Å². The molecule has 4 amide bonds. The Morgan fingerprint density at radius 2 is 1.93 bits per heavy atom. The summed E-state index contributed by atoms with van der Waals surface area (Å²) >= 11 is 0. The van der Waals surface area contributed by atoms with Gasteiger partial charge in [0.2, 0.25) is 5.91 Å². The highest BCUT2D eigenvalue weighted by Gasteiger charge is 2.51. The molecule has 6 nitrogen and oxygen atoms in total. The minimum absolute atomic E-state index is 0.104. The van der Waals surface area contributed by atoms with Crippen LogP contribution in [-0.4, -0.2) is 35.3 Å². The first-order chi connectivity index (χ1) is 12.9. The van der Waals surface area contributed by atoms with Gasteiger partial charge in [-0.1, -0.05) is 63.9 Å². The molecule has 1 aromatic carbocycles. The van der Waals surface area contributed by atoms with Gasteiger partial charge in [0.1, 0.15) is 12.1 Å². The number of hydrogen-bond acceptors (Lipinski definition) is 3. The first kappa shape index (κ1) is 19.4. The summed E-state index contributed by atoms with van der Waals surface area (Å²) in [5, 5.41) is 5.85. The van der Waals surface area contributed by atoms with E-state index >= 15 is 0 Å². The van der Waals surface area contributed by atoms with Crippen LogP contribution in [0.3, 0.4) is 0 Å². The number of hydrogen-bond donors (Lipinski definition) is 2. The van der Waals surface area contributed by atoms with Crippen molar-refractivity contribution in [3.8, 4) is 0 Å². The second-order valence-corrected chi connectivity index (χ2v) is 7.89. The van der Waals surface area contributed by atoms with E-state index in [1.165, 1.54) is 6.42 Å². The van der Waals surface area contributed by atoms with Crippen molar-refractivity contribution in [2.75, 3.05) is 6.54 Å². The van der Waals surface area contributed by atoms with Crippen LogP contribution >= 0.6 is 0 Å². The number of amides is 4. The maximum absolute atomic E-state index is 13.1. The van der Waals surface area contributed by atoms with Gasteiger partial charge in [0, 0.05) is 6.04 Å². The van der Waals surface area contributed by atoms with Crippen molar-refractivity contribution in [3.05, 3.63) is 35.9 Å². The highest BCUT2D eigenvalue weighted by molar-refractivity contribution is 6.09. The van der Waals surface area contributed by atoms with E-state index in [0.29, 0.717) is 18.3 Å². The summed E-state index contributed by atoms with van der Waals surface area (Å²) in [6.07, 6.45) is 3.64. The molecule has 0 spiro atoms. The molecule has 1 aromatic rings. The van der Waals surface area contributed by atoms with Crippen molar-refractivity contribution in [3.63, 3.8) is 0 Å². The Kier molecular flexibility index (Phi) is 5.53. The fourth-order valence-electron chi connectivity index (χ4n) is 4.31. The number of nitrogens with zero attached hydrogens (tertiary/aromatic N) is 1. The number of imide groups is 1. The Labute approximate surface area is 160 Å². The lowest BCUT2D eigenvalue weighted by Crippen LogP contribution is -2.49. The van der Waals surface area contributed by atoms with Crippen molar-refractivity contribution < 1.29 is 14.4 Å². The smallest absolute Gasteiger partial charge is 0.325 e. The van der Waals surface area contributed by atoms with Gasteiger partial charge in [-0.3, -0.25) is 14.5 Å². The second kappa shape index (κ2) is 7.71. The normalized spacial score (nSPS) is 30.9. The second-order valence-electron chi connectivity index (χ2n) is 7.89. The van der Waals surface area contributed by atoms with E-state index in [1.54, 1.807) is 0 Å². The van der Waals surface area contributed by atoms with Gasteiger partial charge in [0.25, 0.3) is 5.91 Å². The lowest BCUT2D eigenvalue weighted by molar-refractivity contribution is -0.135. The molecule has 6 heteroatoms. The monoisotopic (exact) mass is 371 g/mol. The summed E-state index contributed by atoms with van der Waals surface area (Å²) in [4.78, 5) is 39.2. The molecule has 0 radical (unpaired) electrons. The number of urea groups is 1. The fourth-order valence-corrected chi connectivity index (χ4v) is 4.31. The lowest BCUT2D eigenvalue weighted by Gasteiger charge is -2.34. The van der Waals surface area contributed by atoms with Crippen molar-refractivity contribution >= 4 is 17.8 Å². The Hall–Kier alpha value is -2.37. The maximum Gasteiger partial charge on any atom is 0.325 e. The molecule has 0 bridgehead atoms.